The molecule has 0 spiro atoms. The molecular weight excluding hydrogens is 328 g/mol. The van der Waals surface area contributed by atoms with E-state index in [-0.39, 0.29) is 12.1 Å². The average molecular weight is 349 g/mol. The first-order chi connectivity index (χ1) is 11.2. The Hall–Kier alpha value is -2.01. The number of pyridine rings is 1. The minimum absolute atomic E-state index is 0.105. The number of carbonyl (C=O) groups excluding carboxylic acids is 1. The number of aromatic nitrogens is 1. The van der Waals surface area contributed by atoms with Gasteiger partial charge in [0.15, 0.2) is 0 Å². The second-order valence-electron chi connectivity index (χ2n) is 6.99. The number of ether oxygens (including phenoxy) is 2. The van der Waals surface area contributed by atoms with Gasteiger partial charge in [-0.1, -0.05) is 11.6 Å². The van der Waals surface area contributed by atoms with Gasteiger partial charge in [-0.3, -0.25) is 9.88 Å². The van der Waals surface area contributed by atoms with E-state index in [4.69, 9.17) is 21.1 Å². The summed E-state index contributed by atoms with van der Waals surface area (Å²) in [5.41, 5.74) is 2.35. The lowest BCUT2D eigenvalue weighted by atomic mass is 10.0. The minimum atomic E-state index is -0.525. The van der Waals surface area contributed by atoms with E-state index in [9.17, 15) is 4.79 Å². The van der Waals surface area contributed by atoms with Crippen molar-refractivity contribution in [3.63, 3.8) is 0 Å². The molecule has 0 saturated carbocycles. The van der Waals surface area contributed by atoms with Gasteiger partial charge in [0.2, 0.25) is 0 Å². The molecule has 1 aliphatic heterocycles. The molecule has 0 radical (unpaired) electrons. The fourth-order valence-electron chi connectivity index (χ4n) is 3.05. The summed E-state index contributed by atoms with van der Waals surface area (Å²) in [7, 11) is 1.58. The van der Waals surface area contributed by atoms with Crippen LogP contribution in [-0.2, 0) is 11.3 Å². The molecule has 5 nitrogen and oxygen atoms in total. The lowest BCUT2D eigenvalue weighted by Gasteiger charge is -2.27. The summed E-state index contributed by atoms with van der Waals surface area (Å²) in [6, 6.07) is 3.57. The van der Waals surface area contributed by atoms with Crippen molar-refractivity contribution in [1.82, 2.24) is 9.88 Å². The number of benzene rings is 1. The molecule has 0 bridgehead atoms. The van der Waals surface area contributed by atoms with Crippen LogP contribution in [0.2, 0.25) is 5.02 Å². The van der Waals surface area contributed by atoms with E-state index in [0.717, 1.165) is 22.0 Å². The van der Waals surface area contributed by atoms with Gasteiger partial charge in [-0.2, -0.15) is 0 Å². The maximum atomic E-state index is 12.5. The molecule has 6 heteroatoms. The zero-order chi connectivity index (χ0) is 17.6. The highest BCUT2D eigenvalue weighted by Crippen LogP contribution is 2.40. The van der Waals surface area contributed by atoms with Crippen LogP contribution in [0, 0.1) is 0 Å². The molecule has 1 aliphatic rings. The second-order valence-corrected chi connectivity index (χ2v) is 7.39. The fraction of sp³-hybridized carbons (Fsp3) is 0.444. The molecule has 2 aromatic rings. The summed E-state index contributed by atoms with van der Waals surface area (Å²) >= 11 is 6.19. The van der Waals surface area contributed by atoms with Crippen molar-refractivity contribution < 1.29 is 14.3 Å². The zero-order valence-electron chi connectivity index (χ0n) is 14.5. The van der Waals surface area contributed by atoms with Crippen LogP contribution in [-0.4, -0.2) is 28.7 Å². The maximum absolute atomic E-state index is 12.5. The number of rotatable bonds is 1. The fourth-order valence-corrected chi connectivity index (χ4v) is 3.29. The molecule has 0 unspecified atom stereocenters. The Labute approximate surface area is 146 Å². The van der Waals surface area contributed by atoms with E-state index < -0.39 is 5.60 Å². The molecule has 2 heterocycles. The molecule has 0 aliphatic carbocycles. The van der Waals surface area contributed by atoms with Gasteiger partial charge < -0.3 is 9.47 Å². The Morgan fingerprint density at radius 3 is 2.71 bits per heavy atom. The maximum Gasteiger partial charge on any atom is 0.411 e. The number of carbonyl (C=O) groups is 1. The van der Waals surface area contributed by atoms with Crippen molar-refractivity contribution in [3.05, 3.63) is 34.5 Å². The molecular formula is C18H21ClN2O3. The molecule has 1 aromatic heterocycles. The number of hydrogen-bond acceptors (Lipinski definition) is 4. The van der Waals surface area contributed by atoms with Crippen LogP contribution in [0.25, 0.3) is 10.9 Å². The van der Waals surface area contributed by atoms with Gasteiger partial charge in [-0.15, -0.1) is 0 Å². The van der Waals surface area contributed by atoms with Crippen molar-refractivity contribution in [3.8, 4) is 5.75 Å². The first-order valence-electron chi connectivity index (χ1n) is 7.86. The van der Waals surface area contributed by atoms with Crippen LogP contribution < -0.4 is 4.74 Å². The van der Waals surface area contributed by atoms with Crippen LogP contribution in [0.4, 0.5) is 4.79 Å². The van der Waals surface area contributed by atoms with Gasteiger partial charge in [-0.25, -0.2) is 4.79 Å². The number of amides is 1. The predicted molar refractivity (Wildman–Crippen MR) is 93.5 cm³/mol. The summed E-state index contributed by atoms with van der Waals surface area (Å²) in [6.07, 6.45) is 1.49. The summed E-state index contributed by atoms with van der Waals surface area (Å²) < 4.78 is 10.8. The summed E-state index contributed by atoms with van der Waals surface area (Å²) in [5, 5.41) is 1.47. The van der Waals surface area contributed by atoms with Gasteiger partial charge in [0.25, 0.3) is 0 Å². The number of nitrogens with zero attached hydrogens (tertiary/aromatic N) is 2. The third-order valence-electron chi connectivity index (χ3n) is 4.12. The van der Waals surface area contributed by atoms with Crippen molar-refractivity contribution in [1.29, 1.82) is 0 Å². The Kier molecular flexibility index (Phi) is 4.08. The van der Waals surface area contributed by atoms with Crippen molar-refractivity contribution in [2.24, 2.45) is 0 Å². The molecule has 1 amide bonds. The van der Waals surface area contributed by atoms with Crippen molar-refractivity contribution in [2.75, 3.05) is 7.11 Å². The molecule has 128 valence electrons. The Morgan fingerprint density at radius 2 is 2.08 bits per heavy atom. The standard InChI is InChI=1S/C18H21ClN2O3/c1-10-16-11(9-21(10)17(22)24-18(2,3)4)8-20-14-7-13(19)15(23-5)6-12(14)16/h6-8,10H,9H2,1-5H3/t10-/m0/s1. The summed E-state index contributed by atoms with van der Waals surface area (Å²) in [4.78, 5) is 18.7. The van der Waals surface area contributed by atoms with Gasteiger partial charge in [0.05, 0.1) is 30.2 Å². The topological polar surface area (TPSA) is 51.7 Å². The monoisotopic (exact) mass is 348 g/mol. The van der Waals surface area contributed by atoms with Gasteiger partial charge in [0.1, 0.15) is 11.4 Å². The van der Waals surface area contributed by atoms with Crippen LogP contribution in [0.15, 0.2) is 18.3 Å². The number of fused-ring (bicyclic) bond motifs is 3. The highest BCUT2D eigenvalue weighted by Gasteiger charge is 2.35. The van der Waals surface area contributed by atoms with Crippen LogP contribution in [0.1, 0.15) is 44.9 Å². The molecule has 24 heavy (non-hydrogen) atoms. The predicted octanol–water partition coefficient (Wildman–Crippen LogP) is 4.71. The number of halogens is 1. The minimum Gasteiger partial charge on any atom is -0.495 e. The first-order valence-corrected chi connectivity index (χ1v) is 8.23. The average Bonchev–Trinajstić information content (AvgIpc) is 2.82. The smallest absolute Gasteiger partial charge is 0.411 e. The van der Waals surface area contributed by atoms with E-state index in [1.165, 1.54) is 0 Å². The van der Waals surface area contributed by atoms with E-state index in [1.54, 1.807) is 24.3 Å². The van der Waals surface area contributed by atoms with E-state index in [2.05, 4.69) is 4.98 Å². The SMILES string of the molecule is COc1cc2c3c(cnc2cc1Cl)CN(C(=O)OC(C)(C)C)[C@H]3C. The number of hydrogen-bond donors (Lipinski definition) is 0. The van der Waals surface area contributed by atoms with Gasteiger partial charge >= 0.3 is 6.09 Å². The summed E-state index contributed by atoms with van der Waals surface area (Å²) in [6.45, 7) is 8.07. The highest BCUT2D eigenvalue weighted by atomic mass is 35.5. The van der Waals surface area contributed by atoms with Crippen LogP contribution >= 0.6 is 11.6 Å². The lowest BCUT2D eigenvalue weighted by molar-refractivity contribution is 0.0188. The van der Waals surface area contributed by atoms with E-state index >= 15 is 0 Å². The normalized spacial score (nSPS) is 17.1. The Balaban J connectivity index is 2.04. The first kappa shape index (κ1) is 16.8. The van der Waals surface area contributed by atoms with Gasteiger partial charge in [-0.05, 0) is 51.0 Å². The third-order valence-corrected chi connectivity index (χ3v) is 4.42. The third kappa shape index (κ3) is 2.88. The molecule has 3 rings (SSSR count). The number of methoxy groups -OCH3 is 1. The highest BCUT2D eigenvalue weighted by molar-refractivity contribution is 6.32. The van der Waals surface area contributed by atoms with Crippen molar-refractivity contribution in [2.45, 2.75) is 45.9 Å². The quantitative estimate of drug-likeness (QED) is 0.749. The Bertz CT molecular complexity index is 814. The molecule has 0 fully saturated rings. The zero-order valence-corrected chi connectivity index (χ0v) is 15.3. The van der Waals surface area contributed by atoms with Crippen molar-refractivity contribution >= 4 is 28.6 Å². The molecule has 1 aromatic carbocycles. The lowest BCUT2D eigenvalue weighted by Crippen LogP contribution is -2.35. The van der Waals surface area contributed by atoms with Gasteiger partial charge in [0, 0.05) is 11.6 Å². The molecule has 0 N–H and O–H groups in total. The largest absolute Gasteiger partial charge is 0.495 e. The Morgan fingerprint density at radius 1 is 1.38 bits per heavy atom. The van der Waals surface area contributed by atoms with E-state index in [0.29, 0.717) is 17.3 Å². The van der Waals surface area contributed by atoms with Crippen LogP contribution in [0.3, 0.4) is 0 Å². The van der Waals surface area contributed by atoms with E-state index in [1.807, 2.05) is 33.8 Å². The molecule has 0 saturated heterocycles. The second kappa shape index (κ2) is 5.81. The molecule has 1 atom stereocenters. The van der Waals surface area contributed by atoms with Crippen LogP contribution in [0.5, 0.6) is 5.75 Å². The summed E-state index contributed by atoms with van der Waals surface area (Å²) in [5.74, 6) is 0.599.